The molecule has 2 aromatic rings. The van der Waals surface area contributed by atoms with E-state index in [1.165, 1.54) is 11.3 Å². The van der Waals surface area contributed by atoms with Gasteiger partial charge in [-0.15, -0.1) is 11.3 Å². The number of H-pyrrole nitrogens is 1. The fraction of sp³-hybridized carbons (Fsp3) is 0.0833. The van der Waals surface area contributed by atoms with Crippen molar-refractivity contribution in [3.05, 3.63) is 46.9 Å². The molecule has 0 atom stereocenters. The minimum Gasteiger partial charge on any atom is -0.496 e. The van der Waals surface area contributed by atoms with Gasteiger partial charge in [0.15, 0.2) is 0 Å². The lowest BCUT2D eigenvalue weighted by molar-refractivity contribution is 0.412. The molecule has 5 heteroatoms. The van der Waals surface area contributed by atoms with E-state index in [1.807, 2.05) is 24.3 Å². The predicted octanol–water partition coefficient (Wildman–Crippen LogP) is 1.29. The largest absolute Gasteiger partial charge is 0.496 e. The highest BCUT2D eigenvalue weighted by Crippen LogP contribution is 2.21. The predicted molar refractivity (Wildman–Crippen MR) is 79.0 cm³/mol. The molecule has 3 nitrogen and oxygen atoms in total. The smallest absolute Gasteiger partial charge is 0.266 e. The number of methoxy groups -OCH3 is 1. The van der Waals surface area contributed by atoms with E-state index in [0.29, 0.717) is 9.20 Å². The van der Waals surface area contributed by atoms with Crippen LogP contribution >= 0.6 is 33.9 Å². The minimum absolute atomic E-state index is 0.0918. The maximum Gasteiger partial charge on any atom is 0.266 e. The van der Waals surface area contributed by atoms with E-state index in [0.717, 1.165) is 14.9 Å². The summed E-state index contributed by atoms with van der Waals surface area (Å²) in [5.41, 5.74) is 0.883. The average molecular weight is 359 g/mol. The van der Waals surface area contributed by atoms with Gasteiger partial charge in [0.25, 0.3) is 5.56 Å². The first-order valence-electron chi connectivity index (χ1n) is 4.83. The van der Waals surface area contributed by atoms with Gasteiger partial charge in [0.05, 0.1) is 19.9 Å². The Bertz CT molecular complexity index is 702. The summed E-state index contributed by atoms with van der Waals surface area (Å²) >= 11 is 3.56. The number of aromatic nitrogens is 1. The van der Waals surface area contributed by atoms with Crippen LogP contribution < -0.4 is 19.5 Å². The van der Waals surface area contributed by atoms with Crippen molar-refractivity contribution >= 4 is 46.6 Å². The molecule has 1 heterocycles. The molecule has 0 spiro atoms. The highest BCUT2D eigenvalue weighted by molar-refractivity contribution is 14.1. The van der Waals surface area contributed by atoms with Crippen LogP contribution in [-0.2, 0) is 0 Å². The van der Waals surface area contributed by atoms with Gasteiger partial charge in [-0.25, -0.2) is 0 Å². The lowest BCUT2D eigenvalue weighted by Crippen LogP contribution is -2.19. The number of ether oxygens (including phenoxy) is 1. The summed E-state index contributed by atoms with van der Waals surface area (Å²) in [5.74, 6) is 0.834. The molecule has 1 aromatic carbocycles. The van der Waals surface area contributed by atoms with Gasteiger partial charge in [-0.05, 0) is 46.4 Å². The zero-order valence-electron chi connectivity index (χ0n) is 9.12. The molecular formula is C12H10INO2S. The number of halogens is 1. The Morgan fingerprint density at radius 3 is 2.82 bits per heavy atom. The highest BCUT2D eigenvalue weighted by Gasteiger charge is 2.00. The van der Waals surface area contributed by atoms with Crippen molar-refractivity contribution in [1.29, 1.82) is 0 Å². The third-order valence-electron chi connectivity index (χ3n) is 2.18. The topological polar surface area (TPSA) is 42.1 Å². The van der Waals surface area contributed by atoms with Crippen molar-refractivity contribution in [3.8, 4) is 5.75 Å². The lowest BCUT2D eigenvalue weighted by atomic mass is 10.2. The van der Waals surface area contributed by atoms with E-state index >= 15 is 0 Å². The molecule has 1 N–H and O–H groups in total. The maximum absolute atomic E-state index is 11.5. The highest BCUT2D eigenvalue weighted by atomic mass is 127. The number of benzene rings is 1. The summed E-state index contributed by atoms with van der Waals surface area (Å²) in [6, 6.07) is 5.78. The summed E-state index contributed by atoms with van der Waals surface area (Å²) in [4.78, 5) is 14.2. The second-order valence-corrected chi connectivity index (χ2v) is 5.68. The van der Waals surface area contributed by atoms with E-state index in [4.69, 9.17) is 4.74 Å². The summed E-state index contributed by atoms with van der Waals surface area (Å²) in [7, 11) is 1.64. The molecule has 1 aromatic heterocycles. The van der Waals surface area contributed by atoms with E-state index < -0.39 is 0 Å². The molecule has 0 saturated heterocycles. The van der Waals surface area contributed by atoms with Crippen molar-refractivity contribution in [1.82, 2.24) is 4.98 Å². The Labute approximate surface area is 116 Å². The number of aromatic amines is 1. The van der Waals surface area contributed by atoms with Gasteiger partial charge in [0.2, 0.25) is 0 Å². The first kappa shape index (κ1) is 12.4. The summed E-state index contributed by atoms with van der Waals surface area (Å²) < 4.78 is 7.53. The Hall–Kier alpha value is -1.08. The molecule has 0 unspecified atom stereocenters. The standard InChI is InChI=1S/C12H10INO2S/c1-7-14-12(15)11(17-7)6-8-3-4-10(16-2)9(13)5-8/h3-6H,1H2,2H3,(H,14,15)/b11-6+. The van der Waals surface area contributed by atoms with E-state index in [9.17, 15) is 4.79 Å². The molecule has 0 amide bonds. The first-order valence-corrected chi connectivity index (χ1v) is 6.73. The minimum atomic E-state index is -0.0918. The van der Waals surface area contributed by atoms with Crippen LogP contribution in [0, 0.1) is 3.57 Å². The van der Waals surface area contributed by atoms with Gasteiger partial charge in [0, 0.05) is 0 Å². The SMILES string of the molecule is C=c1[nH]c(=O)/c(=C\c2ccc(OC)c(I)c2)s1. The third kappa shape index (κ3) is 2.78. The van der Waals surface area contributed by atoms with Crippen molar-refractivity contribution in [2.24, 2.45) is 0 Å². The van der Waals surface area contributed by atoms with Gasteiger partial charge >= 0.3 is 0 Å². The second-order valence-electron chi connectivity index (χ2n) is 3.38. The molecule has 0 aliphatic carbocycles. The van der Waals surface area contributed by atoms with Crippen LogP contribution in [0.4, 0.5) is 0 Å². The summed E-state index contributed by atoms with van der Waals surface area (Å²) in [5, 5.41) is 0. The van der Waals surface area contributed by atoms with Crippen molar-refractivity contribution in [2.45, 2.75) is 0 Å². The van der Waals surface area contributed by atoms with Crippen LogP contribution in [0.1, 0.15) is 5.56 Å². The Balaban J connectivity index is 2.53. The normalized spacial score (nSPS) is 11.8. The third-order valence-corrected chi connectivity index (χ3v) is 3.90. The van der Waals surface area contributed by atoms with Crippen LogP contribution in [0.15, 0.2) is 23.0 Å². The van der Waals surface area contributed by atoms with Crippen LogP contribution in [-0.4, -0.2) is 12.1 Å². The Morgan fingerprint density at radius 2 is 2.29 bits per heavy atom. The number of rotatable bonds is 2. The van der Waals surface area contributed by atoms with Crippen LogP contribution in [0.5, 0.6) is 5.75 Å². The van der Waals surface area contributed by atoms with Gasteiger partial charge in [-0.3, -0.25) is 4.79 Å². The van der Waals surface area contributed by atoms with Gasteiger partial charge in [0.1, 0.15) is 5.75 Å². The molecule has 2 rings (SSSR count). The molecule has 0 radical (unpaired) electrons. The molecule has 17 heavy (non-hydrogen) atoms. The zero-order chi connectivity index (χ0) is 12.4. The van der Waals surface area contributed by atoms with Crippen molar-refractivity contribution < 1.29 is 4.74 Å². The fourth-order valence-electron chi connectivity index (χ4n) is 1.41. The molecule has 0 aliphatic rings. The van der Waals surface area contributed by atoms with E-state index in [1.54, 1.807) is 7.11 Å². The first-order chi connectivity index (χ1) is 8.10. The number of thiazole rings is 1. The fourth-order valence-corrected chi connectivity index (χ4v) is 2.92. The Kier molecular flexibility index (Phi) is 3.68. The van der Waals surface area contributed by atoms with Crippen LogP contribution in [0.25, 0.3) is 12.7 Å². The maximum atomic E-state index is 11.5. The number of nitrogens with one attached hydrogen (secondary N) is 1. The summed E-state index contributed by atoms with van der Waals surface area (Å²) in [6.45, 7) is 3.71. The second kappa shape index (κ2) is 5.05. The molecule has 0 fully saturated rings. The average Bonchev–Trinajstić information content (AvgIpc) is 2.58. The van der Waals surface area contributed by atoms with Gasteiger partial charge in [-0.1, -0.05) is 12.6 Å². The monoisotopic (exact) mass is 359 g/mol. The number of hydrogen-bond acceptors (Lipinski definition) is 3. The van der Waals surface area contributed by atoms with Crippen molar-refractivity contribution in [2.75, 3.05) is 7.11 Å². The van der Waals surface area contributed by atoms with Gasteiger partial charge < -0.3 is 9.72 Å². The lowest BCUT2D eigenvalue weighted by Gasteiger charge is -2.02. The van der Waals surface area contributed by atoms with Crippen LogP contribution in [0.3, 0.4) is 0 Å². The Morgan fingerprint density at radius 1 is 1.53 bits per heavy atom. The van der Waals surface area contributed by atoms with E-state index in [-0.39, 0.29) is 5.56 Å². The molecular weight excluding hydrogens is 349 g/mol. The van der Waals surface area contributed by atoms with E-state index in [2.05, 4.69) is 34.2 Å². The zero-order valence-corrected chi connectivity index (χ0v) is 12.1. The van der Waals surface area contributed by atoms with Crippen molar-refractivity contribution in [3.63, 3.8) is 0 Å². The molecule has 0 saturated carbocycles. The molecule has 88 valence electrons. The number of hydrogen-bond donors (Lipinski definition) is 1. The molecule has 0 bridgehead atoms. The van der Waals surface area contributed by atoms with Gasteiger partial charge in [-0.2, -0.15) is 0 Å². The summed E-state index contributed by atoms with van der Waals surface area (Å²) in [6.07, 6.45) is 1.85. The quantitative estimate of drug-likeness (QED) is 0.822. The molecule has 0 aliphatic heterocycles. The van der Waals surface area contributed by atoms with Crippen LogP contribution in [0.2, 0.25) is 0 Å².